The number of nitrogens with zero attached hydrogens (tertiary/aromatic N) is 3. The lowest BCUT2D eigenvalue weighted by molar-refractivity contribution is 0.0977. The molecule has 0 saturated carbocycles. The number of rotatable bonds is 10. The van der Waals surface area contributed by atoms with Gasteiger partial charge in [-0.05, 0) is 49.7 Å². The highest BCUT2D eigenvalue weighted by molar-refractivity contribution is 7.89. The molecule has 1 aliphatic heterocycles. The summed E-state index contributed by atoms with van der Waals surface area (Å²) in [4.78, 5) is 17.5. The standard InChI is InChI=1S/C24H33N3O4S/c1-25(2)32(29,30)24-19-20(12-13-23(24)31-3)22(28)11-7-8-14-26-15-17-27(18-16-26)21-9-5-4-6-10-21/h4-6,9-10,12-13,19H,7-8,11,14-18H2,1-3H3. The van der Waals surface area contributed by atoms with E-state index in [4.69, 9.17) is 4.74 Å². The number of hydrogen-bond donors (Lipinski definition) is 0. The average molecular weight is 460 g/mol. The highest BCUT2D eigenvalue weighted by atomic mass is 32.2. The smallest absolute Gasteiger partial charge is 0.246 e. The van der Waals surface area contributed by atoms with Crippen LogP contribution in [0.15, 0.2) is 53.4 Å². The van der Waals surface area contributed by atoms with Crippen LogP contribution in [0, 0.1) is 0 Å². The van der Waals surface area contributed by atoms with Gasteiger partial charge >= 0.3 is 0 Å². The van der Waals surface area contributed by atoms with E-state index in [0.717, 1.165) is 49.9 Å². The Morgan fingerprint density at radius 2 is 1.69 bits per heavy atom. The molecule has 0 N–H and O–H groups in total. The molecule has 0 unspecified atom stereocenters. The van der Waals surface area contributed by atoms with Crippen LogP contribution in [-0.2, 0) is 10.0 Å². The molecule has 1 aliphatic rings. The van der Waals surface area contributed by atoms with Crippen molar-refractivity contribution in [3.05, 3.63) is 54.1 Å². The first-order chi connectivity index (χ1) is 15.3. The van der Waals surface area contributed by atoms with Gasteiger partial charge in [-0.15, -0.1) is 0 Å². The van der Waals surface area contributed by atoms with Crippen molar-refractivity contribution in [2.45, 2.75) is 24.2 Å². The minimum atomic E-state index is -3.69. The van der Waals surface area contributed by atoms with E-state index in [1.807, 2.05) is 6.07 Å². The SMILES string of the molecule is COc1ccc(C(=O)CCCCN2CCN(c3ccccc3)CC2)cc1S(=O)(=O)N(C)C. The van der Waals surface area contributed by atoms with Crippen molar-refractivity contribution in [3.8, 4) is 5.75 Å². The Labute approximate surface area is 191 Å². The van der Waals surface area contributed by atoms with Gasteiger partial charge in [-0.1, -0.05) is 18.2 Å². The second-order valence-corrected chi connectivity index (χ2v) is 10.3. The number of carbonyl (C=O) groups is 1. The molecule has 2 aromatic carbocycles. The van der Waals surface area contributed by atoms with Gasteiger partial charge in [0.25, 0.3) is 0 Å². The second-order valence-electron chi connectivity index (χ2n) is 8.20. The molecule has 32 heavy (non-hydrogen) atoms. The predicted octanol–water partition coefficient (Wildman–Crippen LogP) is 3.12. The summed E-state index contributed by atoms with van der Waals surface area (Å²) < 4.78 is 31.4. The summed E-state index contributed by atoms with van der Waals surface area (Å²) in [6.07, 6.45) is 2.12. The van der Waals surface area contributed by atoms with E-state index in [1.54, 1.807) is 12.1 Å². The Morgan fingerprint density at radius 1 is 1.00 bits per heavy atom. The fraction of sp³-hybridized carbons (Fsp3) is 0.458. The van der Waals surface area contributed by atoms with E-state index in [2.05, 4.69) is 34.1 Å². The van der Waals surface area contributed by atoms with Gasteiger partial charge in [0.15, 0.2) is 5.78 Å². The molecule has 1 fully saturated rings. The number of piperazine rings is 1. The van der Waals surface area contributed by atoms with Crippen molar-refractivity contribution >= 4 is 21.5 Å². The minimum Gasteiger partial charge on any atom is -0.495 e. The number of ketones is 1. The van der Waals surface area contributed by atoms with Crippen LogP contribution >= 0.6 is 0 Å². The number of carbonyl (C=O) groups excluding carboxylic acids is 1. The quantitative estimate of drug-likeness (QED) is 0.402. The van der Waals surface area contributed by atoms with Crippen LogP contribution in [0.1, 0.15) is 29.6 Å². The monoisotopic (exact) mass is 459 g/mol. The van der Waals surface area contributed by atoms with Crippen LogP contribution in [0.3, 0.4) is 0 Å². The molecule has 3 rings (SSSR count). The first-order valence-electron chi connectivity index (χ1n) is 11.0. The Morgan fingerprint density at radius 3 is 2.31 bits per heavy atom. The second kappa shape index (κ2) is 10.9. The third kappa shape index (κ3) is 5.88. The first kappa shape index (κ1) is 24.2. The Bertz CT molecular complexity index is 1000. The van der Waals surface area contributed by atoms with Crippen LogP contribution in [0.2, 0.25) is 0 Å². The molecule has 2 aromatic rings. The Hall–Kier alpha value is -2.42. The number of unbranched alkanes of at least 4 members (excludes halogenated alkanes) is 1. The van der Waals surface area contributed by atoms with E-state index in [0.29, 0.717) is 12.0 Å². The highest BCUT2D eigenvalue weighted by Gasteiger charge is 2.24. The third-order valence-electron chi connectivity index (χ3n) is 5.87. The van der Waals surface area contributed by atoms with E-state index in [1.165, 1.54) is 33.0 Å². The molecule has 1 heterocycles. The summed E-state index contributed by atoms with van der Waals surface area (Å²) in [7, 11) is 0.650. The van der Waals surface area contributed by atoms with E-state index >= 15 is 0 Å². The molecule has 174 valence electrons. The average Bonchev–Trinajstić information content (AvgIpc) is 2.82. The zero-order valence-corrected chi connectivity index (χ0v) is 20.0. The summed E-state index contributed by atoms with van der Waals surface area (Å²) in [5.74, 6) is 0.196. The number of methoxy groups -OCH3 is 1. The molecule has 8 heteroatoms. The molecular weight excluding hydrogens is 426 g/mol. The molecule has 0 aromatic heterocycles. The normalized spacial score (nSPS) is 15.2. The van der Waals surface area contributed by atoms with Crippen LogP contribution in [-0.4, -0.2) is 77.3 Å². The number of para-hydroxylation sites is 1. The molecule has 0 radical (unpaired) electrons. The van der Waals surface area contributed by atoms with Crippen molar-refractivity contribution in [2.24, 2.45) is 0 Å². The van der Waals surface area contributed by atoms with Gasteiger partial charge in [-0.2, -0.15) is 0 Å². The molecular formula is C24H33N3O4S. The van der Waals surface area contributed by atoms with Gasteiger partial charge in [0.1, 0.15) is 10.6 Å². The van der Waals surface area contributed by atoms with Gasteiger partial charge in [0.2, 0.25) is 10.0 Å². The summed E-state index contributed by atoms with van der Waals surface area (Å²) >= 11 is 0. The molecule has 0 aliphatic carbocycles. The number of hydrogen-bond acceptors (Lipinski definition) is 6. The summed E-state index contributed by atoms with van der Waals surface area (Å²) in [6, 6.07) is 15.1. The van der Waals surface area contributed by atoms with Crippen molar-refractivity contribution < 1.29 is 17.9 Å². The molecule has 0 spiro atoms. The maximum absolute atomic E-state index is 12.7. The fourth-order valence-corrected chi connectivity index (χ4v) is 4.96. The topological polar surface area (TPSA) is 70.2 Å². The number of anilines is 1. The molecule has 7 nitrogen and oxygen atoms in total. The molecule has 1 saturated heterocycles. The Balaban J connectivity index is 1.47. The Kier molecular flexibility index (Phi) is 8.28. The lowest BCUT2D eigenvalue weighted by Gasteiger charge is -2.36. The lowest BCUT2D eigenvalue weighted by atomic mass is 10.1. The zero-order valence-electron chi connectivity index (χ0n) is 19.2. The predicted molar refractivity (Wildman–Crippen MR) is 127 cm³/mol. The molecule has 0 bridgehead atoms. The minimum absolute atomic E-state index is 0.0205. The van der Waals surface area contributed by atoms with Gasteiger partial charge in [-0.25, -0.2) is 12.7 Å². The number of Topliss-reactive ketones (excluding diaryl/α,β-unsaturated/α-hetero) is 1. The number of benzene rings is 2. The van der Waals surface area contributed by atoms with Gasteiger partial charge in [-0.3, -0.25) is 9.69 Å². The fourth-order valence-electron chi connectivity index (χ4n) is 3.88. The first-order valence-corrected chi connectivity index (χ1v) is 12.4. The number of ether oxygens (including phenoxy) is 1. The van der Waals surface area contributed by atoms with Crippen LogP contribution in [0.25, 0.3) is 0 Å². The van der Waals surface area contributed by atoms with Gasteiger partial charge in [0.05, 0.1) is 7.11 Å². The van der Waals surface area contributed by atoms with Crippen molar-refractivity contribution in [3.63, 3.8) is 0 Å². The lowest BCUT2D eigenvalue weighted by Crippen LogP contribution is -2.46. The molecule has 0 atom stereocenters. The summed E-state index contributed by atoms with van der Waals surface area (Å²) in [5, 5.41) is 0. The maximum atomic E-state index is 12.7. The zero-order chi connectivity index (χ0) is 23.1. The van der Waals surface area contributed by atoms with E-state index < -0.39 is 10.0 Å². The van der Waals surface area contributed by atoms with Crippen LogP contribution in [0.4, 0.5) is 5.69 Å². The largest absolute Gasteiger partial charge is 0.495 e. The van der Waals surface area contributed by atoms with Crippen LogP contribution in [0.5, 0.6) is 5.75 Å². The van der Waals surface area contributed by atoms with E-state index in [9.17, 15) is 13.2 Å². The van der Waals surface area contributed by atoms with Crippen molar-refractivity contribution in [2.75, 3.05) is 58.8 Å². The van der Waals surface area contributed by atoms with E-state index in [-0.39, 0.29) is 16.4 Å². The van der Waals surface area contributed by atoms with Crippen LogP contribution < -0.4 is 9.64 Å². The third-order valence-corrected chi connectivity index (χ3v) is 7.70. The maximum Gasteiger partial charge on any atom is 0.246 e. The number of sulfonamides is 1. The summed E-state index contributed by atoms with van der Waals surface area (Å²) in [6.45, 7) is 5.04. The summed E-state index contributed by atoms with van der Waals surface area (Å²) in [5.41, 5.74) is 1.68. The van der Waals surface area contributed by atoms with Gasteiger partial charge in [0, 0.05) is 57.9 Å². The van der Waals surface area contributed by atoms with Crippen molar-refractivity contribution in [1.82, 2.24) is 9.21 Å². The van der Waals surface area contributed by atoms with Gasteiger partial charge < -0.3 is 9.64 Å². The van der Waals surface area contributed by atoms with Crippen molar-refractivity contribution in [1.29, 1.82) is 0 Å². The molecule has 0 amide bonds. The highest BCUT2D eigenvalue weighted by Crippen LogP contribution is 2.27.